The average Bonchev–Trinajstić information content (AvgIpc) is 3.06. The number of anilines is 1. The van der Waals surface area contributed by atoms with Crippen molar-refractivity contribution >= 4 is 22.8 Å². The van der Waals surface area contributed by atoms with Gasteiger partial charge in [0.25, 0.3) is 0 Å². The maximum atomic E-state index is 11.8. The van der Waals surface area contributed by atoms with Crippen LogP contribution in [0, 0.1) is 6.92 Å². The zero-order chi connectivity index (χ0) is 14.7. The molecule has 0 aliphatic heterocycles. The SMILES string of the molecule is Cc1noc(NC(=O)CCCc2c[nH]c3ccccc23)n1. The van der Waals surface area contributed by atoms with E-state index in [0.717, 1.165) is 18.4 Å². The molecule has 0 bridgehead atoms. The van der Waals surface area contributed by atoms with Crippen LogP contribution < -0.4 is 5.32 Å². The third-order valence-electron chi connectivity index (χ3n) is 3.30. The zero-order valence-electron chi connectivity index (χ0n) is 11.7. The lowest BCUT2D eigenvalue weighted by atomic mass is 10.1. The van der Waals surface area contributed by atoms with Gasteiger partial charge in [0.05, 0.1) is 0 Å². The normalized spacial score (nSPS) is 10.9. The summed E-state index contributed by atoms with van der Waals surface area (Å²) in [6.45, 7) is 1.70. The number of amides is 1. The molecule has 0 spiro atoms. The molecule has 108 valence electrons. The Labute approximate surface area is 121 Å². The van der Waals surface area contributed by atoms with Gasteiger partial charge >= 0.3 is 6.01 Å². The highest BCUT2D eigenvalue weighted by molar-refractivity contribution is 5.88. The van der Waals surface area contributed by atoms with Crippen molar-refractivity contribution in [2.45, 2.75) is 26.2 Å². The number of aromatic nitrogens is 3. The Morgan fingerprint density at radius 1 is 1.38 bits per heavy atom. The molecule has 0 unspecified atom stereocenters. The number of benzene rings is 1. The van der Waals surface area contributed by atoms with Crippen molar-refractivity contribution in [1.29, 1.82) is 0 Å². The van der Waals surface area contributed by atoms with Crippen molar-refractivity contribution in [3.05, 3.63) is 41.9 Å². The first-order chi connectivity index (χ1) is 10.2. The lowest BCUT2D eigenvalue weighted by molar-refractivity contribution is -0.116. The van der Waals surface area contributed by atoms with Crippen molar-refractivity contribution < 1.29 is 9.32 Å². The van der Waals surface area contributed by atoms with E-state index in [-0.39, 0.29) is 11.9 Å². The molecule has 0 fully saturated rings. The minimum atomic E-state index is -0.113. The first kappa shape index (κ1) is 13.4. The van der Waals surface area contributed by atoms with Crippen molar-refractivity contribution in [2.24, 2.45) is 0 Å². The molecule has 0 radical (unpaired) electrons. The zero-order valence-corrected chi connectivity index (χ0v) is 11.7. The predicted molar refractivity (Wildman–Crippen MR) is 78.9 cm³/mol. The van der Waals surface area contributed by atoms with E-state index in [1.807, 2.05) is 24.4 Å². The second kappa shape index (κ2) is 5.78. The van der Waals surface area contributed by atoms with Crippen LogP contribution in [0.4, 0.5) is 6.01 Å². The summed E-state index contributed by atoms with van der Waals surface area (Å²) in [6, 6.07) is 8.31. The van der Waals surface area contributed by atoms with Crippen LogP contribution in [0.1, 0.15) is 24.2 Å². The van der Waals surface area contributed by atoms with Crippen molar-refractivity contribution in [3.8, 4) is 0 Å². The van der Waals surface area contributed by atoms with Crippen LogP contribution in [0.25, 0.3) is 10.9 Å². The number of nitrogens with one attached hydrogen (secondary N) is 2. The van der Waals surface area contributed by atoms with Crippen LogP contribution in [-0.4, -0.2) is 21.0 Å². The molecule has 3 rings (SSSR count). The Morgan fingerprint density at radius 3 is 3.05 bits per heavy atom. The Morgan fingerprint density at radius 2 is 2.24 bits per heavy atom. The number of carbonyl (C=O) groups excluding carboxylic acids is 1. The molecule has 0 aliphatic rings. The Kier molecular flexibility index (Phi) is 3.68. The monoisotopic (exact) mass is 284 g/mol. The van der Waals surface area contributed by atoms with Gasteiger partial charge in [0.2, 0.25) is 5.91 Å². The predicted octanol–water partition coefficient (Wildman–Crippen LogP) is 2.82. The smallest absolute Gasteiger partial charge is 0.328 e. The summed E-state index contributed by atoms with van der Waals surface area (Å²) >= 11 is 0. The molecular weight excluding hydrogens is 268 g/mol. The van der Waals surface area contributed by atoms with Gasteiger partial charge in [0, 0.05) is 23.5 Å². The van der Waals surface area contributed by atoms with E-state index < -0.39 is 0 Å². The summed E-state index contributed by atoms with van der Waals surface area (Å²) in [5.74, 6) is 0.391. The number of carbonyl (C=O) groups is 1. The molecule has 0 aliphatic carbocycles. The van der Waals surface area contributed by atoms with Gasteiger partial charge in [-0.25, -0.2) is 0 Å². The summed E-state index contributed by atoms with van der Waals surface area (Å²) in [6.07, 6.45) is 4.03. The fourth-order valence-corrected chi connectivity index (χ4v) is 2.31. The second-order valence-corrected chi connectivity index (χ2v) is 4.91. The van der Waals surface area contributed by atoms with Crippen molar-refractivity contribution in [1.82, 2.24) is 15.1 Å². The van der Waals surface area contributed by atoms with E-state index in [2.05, 4.69) is 26.5 Å². The molecule has 6 nitrogen and oxygen atoms in total. The van der Waals surface area contributed by atoms with Gasteiger partial charge in [-0.15, -0.1) is 0 Å². The number of rotatable bonds is 5. The van der Waals surface area contributed by atoms with E-state index in [1.165, 1.54) is 10.9 Å². The lowest BCUT2D eigenvalue weighted by Crippen LogP contribution is -2.11. The third-order valence-corrected chi connectivity index (χ3v) is 3.30. The molecular formula is C15H16N4O2. The molecule has 21 heavy (non-hydrogen) atoms. The molecule has 0 saturated heterocycles. The summed E-state index contributed by atoms with van der Waals surface area (Å²) in [5, 5.41) is 7.43. The topological polar surface area (TPSA) is 83.8 Å². The second-order valence-electron chi connectivity index (χ2n) is 4.91. The van der Waals surface area contributed by atoms with Crippen LogP contribution >= 0.6 is 0 Å². The van der Waals surface area contributed by atoms with Crippen molar-refractivity contribution in [3.63, 3.8) is 0 Å². The first-order valence-corrected chi connectivity index (χ1v) is 6.87. The highest BCUT2D eigenvalue weighted by Gasteiger charge is 2.09. The minimum Gasteiger partial charge on any atom is -0.361 e. The van der Waals surface area contributed by atoms with Crippen LogP contribution in [0.3, 0.4) is 0 Å². The quantitative estimate of drug-likeness (QED) is 0.754. The Balaban J connectivity index is 1.53. The van der Waals surface area contributed by atoms with Crippen LogP contribution in [0.15, 0.2) is 35.0 Å². The van der Waals surface area contributed by atoms with E-state index in [0.29, 0.717) is 12.2 Å². The fraction of sp³-hybridized carbons (Fsp3) is 0.267. The fourth-order valence-electron chi connectivity index (χ4n) is 2.31. The molecule has 2 N–H and O–H groups in total. The summed E-state index contributed by atoms with van der Waals surface area (Å²) in [5.41, 5.74) is 2.35. The number of hydrogen-bond donors (Lipinski definition) is 2. The molecule has 6 heteroatoms. The lowest BCUT2D eigenvalue weighted by Gasteiger charge is -2.00. The maximum absolute atomic E-state index is 11.8. The average molecular weight is 284 g/mol. The molecule has 1 aromatic carbocycles. The highest BCUT2D eigenvalue weighted by atomic mass is 16.5. The van der Waals surface area contributed by atoms with Crippen LogP contribution in [-0.2, 0) is 11.2 Å². The number of fused-ring (bicyclic) bond motifs is 1. The summed E-state index contributed by atoms with van der Waals surface area (Å²) in [7, 11) is 0. The first-order valence-electron chi connectivity index (χ1n) is 6.87. The number of H-pyrrole nitrogens is 1. The highest BCUT2D eigenvalue weighted by Crippen LogP contribution is 2.19. The van der Waals surface area contributed by atoms with Crippen molar-refractivity contribution in [2.75, 3.05) is 5.32 Å². The van der Waals surface area contributed by atoms with Gasteiger partial charge in [-0.1, -0.05) is 23.4 Å². The molecule has 2 aromatic heterocycles. The maximum Gasteiger partial charge on any atom is 0.328 e. The molecule has 0 atom stereocenters. The van der Waals surface area contributed by atoms with Gasteiger partial charge in [-0.3, -0.25) is 10.1 Å². The van der Waals surface area contributed by atoms with Gasteiger partial charge in [-0.05, 0) is 31.4 Å². The van der Waals surface area contributed by atoms with Gasteiger partial charge in [-0.2, -0.15) is 4.98 Å². The Hall–Kier alpha value is -2.63. The molecule has 0 saturated carbocycles. The van der Waals surface area contributed by atoms with Gasteiger partial charge in [0.15, 0.2) is 5.82 Å². The number of aromatic amines is 1. The van der Waals surface area contributed by atoms with Crippen LogP contribution in [0.2, 0.25) is 0 Å². The third kappa shape index (κ3) is 3.10. The van der Waals surface area contributed by atoms with Gasteiger partial charge in [0.1, 0.15) is 0 Å². The number of hydrogen-bond acceptors (Lipinski definition) is 4. The number of aryl methyl sites for hydroxylation is 2. The summed E-state index contributed by atoms with van der Waals surface area (Å²) in [4.78, 5) is 18.9. The van der Waals surface area contributed by atoms with E-state index in [9.17, 15) is 4.79 Å². The largest absolute Gasteiger partial charge is 0.361 e. The van der Waals surface area contributed by atoms with E-state index in [1.54, 1.807) is 6.92 Å². The molecule has 2 heterocycles. The van der Waals surface area contributed by atoms with Gasteiger partial charge < -0.3 is 9.51 Å². The standard InChI is InChI=1S/C15H16N4O2/c1-10-17-15(21-19-10)18-14(20)8-4-5-11-9-16-13-7-3-2-6-12(11)13/h2-3,6-7,9,16H,4-5,8H2,1H3,(H,17,18,19,20). The Bertz CT molecular complexity index is 760. The molecule has 3 aromatic rings. The minimum absolute atomic E-state index is 0.113. The van der Waals surface area contributed by atoms with E-state index in [4.69, 9.17) is 4.52 Å². The number of para-hydroxylation sites is 1. The van der Waals surface area contributed by atoms with Crippen LogP contribution in [0.5, 0.6) is 0 Å². The van der Waals surface area contributed by atoms with E-state index >= 15 is 0 Å². The molecule has 1 amide bonds. The summed E-state index contributed by atoms with van der Waals surface area (Å²) < 4.78 is 4.85. The number of nitrogens with zero attached hydrogens (tertiary/aromatic N) is 2.